The van der Waals surface area contributed by atoms with Crippen LogP contribution in [-0.2, 0) is 13.1 Å². The summed E-state index contributed by atoms with van der Waals surface area (Å²) < 4.78 is 10.7. The molecule has 2 bridgehead atoms. The van der Waals surface area contributed by atoms with Crippen LogP contribution < -0.4 is 0 Å². The van der Waals surface area contributed by atoms with Crippen LogP contribution >= 0.6 is 0 Å². The lowest BCUT2D eigenvalue weighted by atomic mass is 10.00. The molecule has 4 heteroatoms. The first kappa shape index (κ1) is 12.2. The maximum absolute atomic E-state index is 5.49. The molecule has 20 heavy (non-hydrogen) atoms. The molecule has 4 nitrogen and oxygen atoms in total. The third-order valence-corrected chi connectivity index (χ3v) is 4.53. The Hall–Kier alpha value is -1.52. The summed E-state index contributed by atoms with van der Waals surface area (Å²) in [6, 6.07) is 6.79. The van der Waals surface area contributed by atoms with Gasteiger partial charge in [0.15, 0.2) is 0 Å². The number of hydrogen-bond acceptors (Lipinski definition) is 4. The summed E-state index contributed by atoms with van der Waals surface area (Å²) in [4.78, 5) is 5.14. The Morgan fingerprint density at radius 3 is 2.90 bits per heavy atom. The van der Waals surface area contributed by atoms with E-state index in [1.54, 1.807) is 12.5 Å². The predicted molar refractivity (Wildman–Crippen MR) is 75.0 cm³/mol. The van der Waals surface area contributed by atoms with Crippen LogP contribution in [0.1, 0.15) is 17.7 Å². The van der Waals surface area contributed by atoms with Crippen LogP contribution in [0.2, 0.25) is 0 Å². The lowest BCUT2D eigenvalue weighted by Gasteiger charge is -2.32. The topological polar surface area (TPSA) is 32.8 Å². The molecule has 0 saturated carbocycles. The molecule has 0 amide bonds. The monoisotopic (exact) mass is 272 g/mol. The van der Waals surface area contributed by atoms with E-state index < -0.39 is 0 Å². The number of piperidine rings is 1. The van der Waals surface area contributed by atoms with E-state index in [0.29, 0.717) is 6.04 Å². The van der Waals surface area contributed by atoms with Crippen LogP contribution in [0, 0.1) is 5.92 Å². The average Bonchev–Trinajstić information content (AvgIpc) is 3.14. The Kier molecular flexibility index (Phi) is 3.13. The Morgan fingerprint density at radius 1 is 1.10 bits per heavy atom. The second kappa shape index (κ2) is 5.11. The first-order valence-electron chi connectivity index (χ1n) is 7.36. The molecule has 106 valence electrons. The fourth-order valence-electron chi connectivity index (χ4n) is 3.72. The van der Waals surface area contributed by atoms with Crippen molar-refractivity contribution in [2.24, 2.45) is 5.92 Å². The van der Waals surface area contributed by atoms with Gasteiger partial charge in [0.25, 0.3) is 0 Å². The molecule has 2 fully saturated rings. The fourth-order valence-corrected chi connectivity index (χ4v) is 3.72. The average molecular weight is 272 g/mol. The van der Waals surface area contributed by atoms with Gasteiger partial charge in [0.05, 0.1) is 25.3 Å². The van der Waals surface area contributed by atoms with Crippen molar-refractivity contribution < 1.29 is 8.83 Å². The van der Waals surface area contributed by atoms with Crippen molar-refractivity contribution in [3.8, 4) is 0 Å². The molecule has 0 aromatic carbocycles. The maximum Gasteiger partial charge on any atom is 0.117 e. The van der Waals surface area contributed by atoms with Gasteiger partial charge in [-0.2, -0.15) is 0 Å². The predicted octanol–water partition coefficient (Wildman–Crippen LogP) is 2.58. The van der Waals surface area contributed by atoms with E-state index >= 15 is 0 Å². The zero-order chi connectivity index (χ0) is 13.4. The lowest BCUT2D eigenvalue weighted by molar-refractivity contribution is 0.149. The Bertz CT molecular complexity index is 533. The van der Waals surface area contributed by atoms with Gasteiger partial charge in [0.2, 0.25) is 0 Å². The normalized spacial score (nSPS) is 27.2. The molecule has 2 saturated heterocycles. The Balaban J connectivity index is 1.40. The Morgan fingerprint density at radius 2 is 2.10 bits per heavy atom. The van der Waals surface area contributed by atoms with Gasteiger partial charge in [-0.15, -0.1) is 0 Å². The lowest BCUT2D eigenvalue weighted by Crippen LogP contribution is -2.41. The number of furan rings is 2. The van der Waals surface area contributed by atoms with E-state index in [4.69, 9.17) is 8.83 Å². The van der Waals surface area contributed by atoms with Crippen molar-refractivity contribution in [1.29, 1.82) is 0 Å². The SMILES string of the molecule is c1coc(CN2C[C@H]3C[C@H]2CN(Cc2ccoc2)C3)c1. The van der Waals surface area contributed by atoms with Crippen LogP contribution in [0.25, 0.3) is 0 Å². The molecular weight excluding hydrogens is 252 g/mol. The van der Waals surface area contributed by atoms with E-state index in [1.807, 2.05) is 12.3 Å². The number of nitrogens with zero attached hydrogens (tertiary/aromatic N) is 2. The van der Waals surface area contributed by atoms with Crippen molar-refractivity contribution in [2.75, 3.05) is 19.6 Å². The third kappa shape index (κ3) is 2.41. The van der Waals surface area contributed by atoms with Gasteiger partial charge >= 0.3 is 0 Å². The van der Waals surface area contributed by atoms with Gasteiger partial charge in [-0.25, -0.2) is 0 Å². The molecule has 2 aromatic heterocycles. The summed E-state index contributed by atoms with van der Waals surface area (Å²) in [5, 5.41) is 0. The highest BCUT2D eigenvalue weighted by atomic mass is 16.3. The molecule has 0 radical (unpaired) electrons. The van der Waals surface area contributed by atoms with E-state index in [2.05, 4.69) is 21.9 Å². The van der Waals surface area contributed by atoms with Crippen molar-refractivity contribution in [1.82, 2.24) is 9.80 Å². The van der Waals surface area contributed by atoms with Crippen molar-refractivity contribution in [2.45, 2.75) is 25.6 Å². The number of likely N-dealkylation sites (tertiary alicyclic amines) is 2. The molecule has 2 aliphatic rings. The van der Waals surface area contributed by atoms with Crippen molar-refractivity contribution >= 4 is 0 Å². The van der Waals surface area contributed by atoms with Crippen LogP contribution in [0.3, 0.4) is 0 Å². The fraction of sp³-hybridized carbons (Fsp3) is 0.500. The largest absolute Gasteiger partial charge is 0.472 e. The van der Waals surface area contributed by atoms with E-state index in [1.165, 1.54) is 25.1 Å². The molecule has 0 N–H and O–H groups in total. The first-order chi connectivity index (χ1) is 9.87. The van der Waals surface area contributed by atoms with Gasteiger partial charge in [0.1, 0.15) is 5.76 Å². The molecule has 2 aromatic rings. The molecule has 4 heterocycles. The van der Waals surface area contributed by atoms with Crippen molar-refractivity contribution in [3.05, 3.63) is 48.3 Å². The minimum atomic E-state index is 0.672. The maximum atomic E-state index is 5.49. The highest BCUT2D eigenvalue weighted by Gasteiger charge is 2.38. The molecule has 2 atom stereocenters. The quantitative estimate of drug-likeness (QED) is 0.856. The van der Waals surface area contributed by atoms with Crippen LogP contribution in [0.15, 0.2) is 45.8 Å². The second-order valence-corrected chi connectivity index (χ2v) is 6.09. The highest BCUT2D eigenvalue weighted by molar-refractivity contribution is 5.07. The molecule has 0 unspecified atom stereocenters. The summed E-state index contributed by atoms with van der Waals surface area (Å²) in [5.74, 6) is 1.88. The number of rotatable bonds is 4. The minimum Gasteiger partial charge on any atom is -0.472 e. The second-order valence-electron chi connectivity index (χ2n) is 6.09. The van der Waals surface area contributed by atoms with Gasteiger partial charge in [0, 0.05) is 37.8 Å². The van der Waals surface area contributed by atoms with E-state index in [-0.39, 0.29) is 0 Å². The van der Waals surface area contributed by atoms with Gasteiger partial charge in [-0.1, -0.05) is 0 Å². The highest BCUT2D eigenvalue weighted by Crippen LogP contribution is 2.31. The summed E-state index contributed by atoms with van der Waals surface area (Å²) in [7, 11) is 0. The van der Waals surface area contributed by atoms with Gasteiger partial charge < -0.3 is 8.83 Å². The summed E-state index contributed by atoms with van der Waals surface area (Å²) in [6.07, 6.45) is 6.72. The van der Waals surface area contributed by atoms with Gasteiger partial charge in [-0.05, 0) is 30.5 Å². The Labute approximate surface area is 119 Å². The molecule has 0 aliphatic carbocycles. The molecule has 0 spiro atoms. The molecule has 2 aliphatic heterocycles. The molecule has 4 rings (SSSR count). The molecular formula is C16H20N2O2. The summed E-state index contributed by atoms with van der Waals surface area (Å²) >= 11 is 0. The van der Waals surface area contributed by atoms with E-state index in [0.717, 1.165) is 31.3 Å². The third-order valence-electron chi connectivity index (χ3n) is 4.53. The number of fused-ring (bicyclic) bond motifs is 2. The van der Waals surface area contributed by atoms with Crippen LogP contribution in [0.4, 0.5) is 0 Å². The number of hydrogen-bond donors (Lipinski definition) is 0. The zero-order valence-corrected chi connectivity index (χ0v) is 11.6. The smallest absolute Gasteiger partial charge is 0.117 e. The van der Waals surface area contributed by atoms with Gasteiger partial charge in [-0.3, -0.25) is 9.80 Å². The standard InChI is InChI=1S/C16H20N2O2/c1-2-16(20-4-1)11-18-9-14-6-15(18)10-17(8-14)7-13-3-5-19-12-13/h1-5,12,14-15H,6-11H2/t14-,15-/m0/s1. The zero-order valence-electron chi connectivity index (χ0n) is 11.6. The van der Waals surface area contributed by atoms with Crippen molar-refractivity contribution in [3.63, 3.8) is 0 Å². The first-order valence-corrected chi connectivity index (χ1v) is 7.36. The summed E-state index contributed by atoms with van der Waals surface area (Å²) in [6.45, 7) is 5.53. The van der Waals surface area contributed by atoms with E-state index in [9.17, 15) is 0 Å². The van der Waals surface area contributed by atoms with Crippen LogP contribution in [-0.4, -0.2) is 35.5 Å². The summed E-state index contributed by atoms with van der Waals surface area (Å²) in [5.41, 5.74) is 1.28. The minimum absolute atomic E-state index is 0.672. The van der Waals surface area contributed by atoms with Crippen LogP contribution in [0.5, 0.6) is 0 Å².